The molecule has 8 aromatic carbocycles. The van der Waals surface area contributed by atoms with E-state index in [0.717, 1.165) is 121 Å². The van der Waals surface area contributed by atoms with Gasteiger partial charge in [-0.15, -0.1) is 0 Å². The summed E-state index contributed by atoms with van der Waals surface area (Å²) in [4.78, 5) is 30.5. The normalized spacial score (nSPS) is 25.6. The molecule has 0 spiro atoms. The highest BCUT2D eigenvalue weighted by atomic mass is 19.2. The average Bonchev–Trinajstić information content (AvgIpc) is 1.20. The maximum absolute atomic E-state index is 15.6. The molecule has 128 heavy (non-hydrogen) atoms. The number of alkyl halides is 1. The maximum atomic E-state index is 15.6. The van der Waals surface area contributed by atoms with Crippen molar-refractivity contribution in [2.24, 2.45) is 22.2 Å². The molecule has 13 aliphatic rings. The zero-order chi connectivity index (χ0) is 90.5. The highest BCUT2D eigenvalue weighted by Gasteiger charge is 2.66. The average molecular weight is 1750 g/mol. The third-order valence-electron chi connectivity index (χ3n) is 28.4. The fourth-order valence-corrected chi connectivity index (χ4v) is 23.4. The number of phenols is 1. The molecule has 6 heterocycles. The van der Waals surface area contributed by atoms with Crippen molar-refractivity contribution in [3.05, 3.63) is 322 Å². The summed E-state index contributed by atoms with van der Waals surface area (Å²) in [5.41, 5.74) is 19.2. The Hall–Kier alpha value is -10.5. The Labute approximate surface area is 744 Å². The van der Waals surface area contributed by atoms with Crippen LogP contribution in [0.3, 0.4) is 0 Å². The SMILES string of the molecule is C/C=C/c1cc(F)c([C@@H]2C3=C(C[C@@H](C)N2CC2(F)COC2)c2ccccc2C3)c(F)c1.C/C=C/c1cc(F)c([C@@H]2C3=C(C[C@@H](C)N2CC2COC2)c2ccccc2C3)c(F)c1.C[C@@H]1CC2=C(Cc3cc(O)ccc32)[C@@H](c2c(F)cc(/C=C/C(=O)O)cc2F)N1CC(C)(C)C.C[C@@H]1CC2=C(Cc3ccccc32)[C@@H](c2c(F)cc(/C=C/C(=O)O)cc2F)N1CC12CC(C)(C1)C2. The van der Waals surface area contributed by atoms with Crippen LogP contribution in [-0.2, 0) is 44.7 Å². The predicted octanol–water partition coefficient (Wildman–Crippen LogP) is 24.0. The summed E-state index contributed by atoms with van der Waals surface area (Å²) in [5, 5.41) is 27.7. The van der Waals surface area contributed by atoms with Crippen LogP contribution in [0.2, 0.25) is 0 Å². The Bertz CT molecular complexity index is 5910. The number of aromatic hydroxyl groups is 1. The van der Waals surface area contributed by atoms with Crippen LogP contribution < -0.4 is 0 Å². The number of halogens is 9. The van der Waals surface area contributed by atoms with Gasteiger partial charge in [-0.3, -0.25) is 19.6 Å². The zero-order valence-electron chi connectivity index (χ0n) is 74.2. The summed E-state index contributed by atoms with van der Waals surface area (Å²) >= 11 is 0. The molecule has 11 nitrogen and oxygen atoms in total. The highest BCUT2D eigenvalue weighted by Crippen LogP contribution is 2.74. The number of hydrogen-bond donors (Lipinski definition) is 3. The molecule has 8 atom stereocenters. The molecule has 668 valence electrons. The number of carbonyl (C=O) groups is 2. The van der Waals surface area contributed by atoms with Crippen molar-refractivity contribution in [1.82, 2.24) is 19.6 Å². The number of phenolic OH excluding ortho intramolecular Hbond substituents is 1. The molecule has 0 radical (unpaired) electrons. The molecular formula is C108H111F9N4O7. The minimum Gasteiger partial charge on any atom is -0.508 e. The second-order valence-electron chi connectivity index (χ2n) is 39.5. The van der Waals surface area contributed by atoms with Crippen LogP contribution in [-0.4, -0.2) is 129 Å². The van der Waals surface area contributed by atoms with Gasteiger partial charge in [-0.2, -0.15) is 0 Å². The van der Waals surface area contributed by atoms with Gasteiger partial charge in [0.05, 0.1) is 50.6 Å². The van der Waals surface area contributed by atoms with Gasteiger partial charge in [0.15, 0.2) is 5.67 Å². The van der Waals surface area contributed by atoms with Crippen molar-refractivity contribution in [2.75, 3.05) is 52.6 Å². The predicted molar refractivity (Wildman–Crippen MR) is 485 cm³/mol. The summed E-state index contributed by atoms with van der Waals surface area (Å²) in [6.45, 7) is 24.7. The van der Waals surface area contributed by atoms with E-state index in [0.29, 0.717) is 48.3 Å². The minimum absolute atomic E-state index is 0.0113. The van der Waals surface area contributed by atoms with E-state index in [9.17, 15) is 14.7 Å². The zero-order valence-corrected chi connectivity index (χ0v) is 74.2. The maximum Gasteiger partial charge on any atom is 0.328 e. The second-order valence-corrected chi connectivity index (χ2v) is 39.5. The largest absolute Gasteiger partial charge is 0.508 e. The minimum atomic E-state index is -1.48. The summed E-state index contributed by atoms with van der Waals surface area (Å²) < 4.78 is 149. The smallest absolute Gasteiger partial charge is 0.328 e. The monoisotopic (exact) mass is 1750 g/mol. The summed E-state index contributed by atoms with van der Waals surface area (Å²) in [7, 11) is 0. The third kappa shape index (κ3) is 17.5. The number of allylic oxidation sites excluding steroid dienone is 2. The first-order valence-electron chi connectivity index (χ1n) is 44.9. The Balaban J connectivity index is 0.000000120. The van der Waals surface area contributed by atoms with Gasteiger partial charge in [0.25, 0.3) is 0 Å². The fraction of sp³-hybridized carbons (Fsp3) is 0.389. The molecule has 3 saturated carbocycles. The molecule has 0 aromatic heterocycles. The second kappa shape index (κ2) is 35.4. The van der Waals surface area contributed by atoms with E-state index in [1.807, 2.05) is 62.1 Å². The standard InChI is InChI=1S/C29H29F2NO2.C27H29F2NO3.C26H26F3NO.C26H27F2NO/c1-17-9-21-20-6-4-3-5-19(20)12-22(21)27(32(17)16-29-13-28(2,14-29)15-29)26-23(30)10-18(11-24(26)31)7-8-25(33)34;1-15-9-20-19-7-6-18(31)12-17(19)13-21(20)26(30(15)14-27(2,3)4)25-22(28)10-16(11-23(25)29)5-8-24(32)33;1-3-6-17-10-22(27)24(23(28)11-17)25-21-12-18-7-4-5-8-19(18)20(21)9-16(2)30(25)13-26(29)14-31-15-26;1-3-6-17-10-23(27)25(24(28)11-17)26-22-12-19-7-4-5-8-20(19)21(22)9-16(2)29(26)13-18-14-30-15-18/h3-8,10-11,17,27H,9,12-16H2,1-2H3,(H,33,34);5-8,10-12,15,26,31H,9,13-14H2,1-4H3,(H,32,33);3-8,10-11,16,25H,9,12-15H2,1-2H3;3-8,10-11,16,18,26H,9,12-15H2,1-2H3/b8-7+;8-5+;2*6-3+/t17-,27+,28?,29?;15-,26+;16-,25+;16-,26+/m1111/s1. The lowest BCUT2D eigenvalue weighted by Gasteiger charge is -2.71. The van der Waals surface area contributed by atoms with Crippen molar-refractivity contribution in [2.45, 2.75) is 194 Å². The van der Waals surface area contributed by atoms with Crippen LogP contribution in [0.5, 0.6) is 5.75 Å². The van der Waals surface area contributed by atoms with E-state index in [-0.39, 0.29) is 99.9 Å². The molecule has 0 amide bonds. The quantitative estimate of drug-likeness (QED) is 0.0596. The van der Waals surface area contributed by atoms with Gasteiger partial charge in [0.1, 0.15) is 52.3 Å². The third-order valence-corrected chi connectivity index (χ3v) is 28.4. The molecule has 8 aromatic rings. The number of nitrogens with zero attached hydrogens (tertiary/aromatic N) is 4. The van der Waals surface area contributed by atoms with Gasteiger partial charge in [-0.25, -0.2) is 49.1 Å². The molecule has 0 unspecified atom stereocenters. The lowest BCUT2D eigenvalue weighted by molar-refractivity contribution is -0.206. The number of benzene rings is 8. The number of hydrogen-bond acceptors (Lipinski definition) is 9. The van der Waals surface area contributed by atoms with Crippen LogP contribution >= 0.6 is 0 Å². The first-order valence-corrected chi connectivity index (χ1v) is 44.9. The molecule has 3 N–H and O–H groups in total. The van der Waals surface area contributed by atoms with E-state index in [4.69, 9.17) is 19.7 Å². The van der Waals surface area contributed by atoms with E-state index in [1.165, 1.54) is 119 Å². The van der Waals surface area contributed by atoms with Gasteiger partial charge < -0.3 is 24.8 Å². The number of ether oxygens (including phenoxy) is 2. The van der Waals surface area contributed by atoms with Crippen molar-refractivity contribution in [3.8, 4) is 5.75 Å². The van der Waals surface area contributed by atoms with Crippen molar-refractivity contribution in [3.63, 3.8) is 0 Å². The summed E-state index contributed by atoms with van der Waals surface area (Å²) in [6.07, 6.45) is 20.7. The van der Waals surface area contributed by atoms with Crippen LogP contribution in [0.4, 0.5) is 39.5 Å². The summed E-state index contributed by atoms with van der Waals surface area (Å²) in [5.74, 6) is -6.42. The van der Waals surface area contributed by atoms with Crippen LogP contribution in [0.1, 0.15) is 227 Å². The molecule has 20 heteroatoms. The molecule has 7 aliphatic carbocycles. The molecule has 6 aliphatic heterocycles. The molecule has 21 rings (SSSR count). The van der Waals surface area contributed by atoms with Gasteiger partial charge >= 0.3 is 11.9 Å². The first kappa shape index (κ1) is 89.5. The molecule has 2 saturated heterocycles. The first-order chi connectivity index (χ1) is 61.1. The lowest BCUT2D eigenvalue weighted by atomic mass is 9.36. The van der Waals surface area contributed by atoms with Gasteiger partial charge in [-0.05, 0) is 313 Å². The van der Waals surface area contributed by atoms with E-state index < -0.39 is 82.3 Å². The Morgan fingerprint density at radius 3 is 1.10 bits per heavy atom. The van der Waals surface area contributed by atoms with E-state index in [1.54, 1.807) is 36.4 Å². The topological polar surface area (TPSA) is 126 Å². The number of fused-ring (bicyclic) bond motifs is 8. The number of carboxylic acid groups (broad SMARTS) is 2. The van der Waals surface area contributed by atoms with Crippen molar-refractivity contribution in [1.29, 1.82) is 0 Å². The summed E-state index contributed by atoms with van der Waals surface area (Å²) in [6, 6.07) is 39.0. The van der Waals surface area contributed by atoms with Crippen LogP contribution in [0.15, 0.2) is 186 Å². The molecule has 5 fully saturated rings. The Kier molecular flexibility index (Phi) is 24.8. The van der Waals surface area contributed by atoms with Crippen molar-refractivity contribution < 1.29 is 73.9 Å². The highest BCUT2D eigenvalue weighted by molar-refractivity contribution is 5.87. The fourth-order valence-electron chi connectivity index (χ4n) is 23.4. The number of rotatable bonds is 17. The van der Waals surface area contributed by atoms with Gasteiger partial charge in [-0.1, -0.05) is 131 Å². The Morgan fingerprint density at radius 2 is 0.766 bits per heavy atom. The lowest BCUT2D eigenvalue weighted by Crippen LogP contribution is -2.65. The van der Waals surface area contributed by atoms with Crippen molar-refractivity contribution >= 4 is 58.5 Å². The van der Waals surface area contributed by atoms with E-state index >= 15 is 39.5 Å². The van der Waals surface area contributed by atoms with Gasteiger partial charge in [0, 0.05) is 90.7 Å². The van der Waals surface area contributed by atoms with Gasteiger partial charge in [0.2, 0.25) is 0 Å². The molecule has 2 bridgehead atoms. The number of aliphatic carboxylic acids is 2. The molecular weight excluding hydrogens is 1640 g/mol. The van der Waals surface area contributed by atoms with Crippen LogP contribution in [0, 0.1) is 68.7 Å². The van der Waals surface area contributed by atoms with Crippen LogP contribution in [0.25, 0.3) is 46.6 Å². The van der Waals surface area contributed by atoms with E-state index in [2.05, 4.69) is 106 Å². The Morgan fingerprint density at radius 1 is 0.438 bits per heavy atom. The number of carboxylic acids is 2.